The van der Waals surface area contributed by atoms with Gasteiger partial charge in [-0.2, -0.15) is 0 Å². The van der Waals surface area contributed by atoms with Gasteiger partial charge in [-0.25, -0.2) is 4.79 Å². The van der Waals surface area contributed by atoms with Gasteiger partial charge in [-0.15, -0.1) is 11.3 Å². The molecule has 0 N–H and O–H groups in total. The topological polar surface area (TPSA) is 26.3 Å². The molecule has 1 aromatic heterocycles. The van der Waals surface area contributed by atoms with Crippen LogP contribution < -0.4 is 0 Å². The van der Waals surface area contributed by atoms with Crippen molar-refractivity contribution < 1.29 is 9.53 Å². The van der Waals surface area contributed by atoms with Crippen LogP contribution in [-0.4, -0.2) is 12.6 Å². The van der Waals surface area contributed by atoms with Crippen molar-refractivity contribution in [2.24, 2.45) is 5.92 Å². The van der Waals surface area contributed by atoms with Gasteiger partial charge in [0.2, 0.25) is 0 Å². The van der Waals surface area contributed by atoms with Crippen molar-refractivity contribution in [3.8, 4) is 0 Å². The lowest BCUT2D eigenvalue weighted by atomic mass is 9.95. The van der Waals surface area contributed by atoms with Crippen molar-refractivity contribution in [2.45, 2.75) is 33.1 Å². The second-order valence-electron chi connectivity index (χ2n) is 4.58. The monoisotopic (exact) mass is 250 g/mol. The van der Waals surface area contributed by atoms with Crippen molar-refractivity contribution >= 4 is 17.3 Å². The maximum Gasteiger partial charge on any atom is 0.339 e. The highest BCUT2D eigenvalue weighted by Gasteiger charge is 2.16. The quantitative estimate of drug-likeness (QED) is 0.601. The van der Waals surface area contributed by atoms with Crippen LogP contribution in [0.1, 0.15) is 39.4 Å². The minimum atomic E-state index is -0.165. The molecule has 1 unspecified atom stereocenters. The highest BCUT2D eigenvalue weighted by Crippen LogP contribution is 2.23. The summed E-state index contributed by atoms with van der Waals surface area (Å²) >= 11 is 1.65. The minimum Gasteiger partial charge on any atom is -0.462 e. The standard InChI is InChI=1S/C14H18O2S/c1-10-8-13(11(2)17-10)14(15)16-9-12-6-4-3-5-7-12/h3-4,8,12H,5-7,9H2,1-2H3. The van der Waals surface area contributed by atoms with E-state index in [0.717, 1.165) is 34.6 Å². The summed E-state index contributed by atoms with van der Waals surface area (Å²) in [6.45, 7) is 4.54. The summed E-state index contributed by atoms with van der Waals surface area (Å²) in [5.74, 6) is 0.338. The van der Waals surface area contributed by atoms with E-state index >= 15 is 0 Å². The first kappa shape index (κ1) is 12.4. The fourth-order valence-corrected chi connectivity index (χ4v) is 3.02. The Morgan fingerprint density at radius 1 is 1.47 bits per heavy atom. The third-order valence-electron chi connectivity index (χ3n) is 3.09. The molecule has 0 aliphatic heterocycles. The molecule has 0 radical (unpaired) electrons. The van der Waals surface area contributed by atoms with E-state index in [9.17, 15) is 4.79 Å². The van der Waals surface area contributed by atoms with Gasteiger partial charge in [-0.1, -0.05) is 12.2 Å². The van der Waals surface area contributed by atoms with Crippen LogP contribution in [-0.2, 0) is 4.74 Å². The first-order valence-electron chi connectivity index (χ1n) is 6.06. The zero-order valence-corrected chi connectivity index (χ0v) is 11.2. The summed E-state index contributed by atoms with van der Waals surface area (Å²) in [4.78, 5) is 14.1. The van der Waals surface area contributed by atoms with Gasteiger partial charge in [-0.3, -0.25) is 0 Å². The lowest BCUT2D eigenvalue weighted by molar-refractivity contribution is 0.0432. The number of hydrogen-bond acceptors (Lipinski definition) is 3. The molecule has 1 aliphatic rings. The predicted octanol–water partition coefficient (Wildman–Crippen LogP) is 3.88. The van der Waals surface area contributed by atoms with E-state index in [1.54, 1.807) is 11.3 Å². The number of aryl methyl sites for hydroxylation is 2. The number of esters is 1. The van der Waals surface area contributed by atoms with Crippen LogP contribution in [0.4, 0.5) is 0 Å². The van der Waals surface area contributed by atoms with E-state index in [-0.39, 0.29) is 5.97 Å². The zero-order valence-electron chi connectivity index (χ0n) is 10.4. The SMILES string of the molecule is Cc1cc(C(=O)OCC2CC=CCC2)c(C)s1. The van der Waals surface area contributed by atoms with Gasteiger partial charge in [-0.05, 0) is 45.1 Å². The first-order valence-corrected chi connectivity index (χ1v) is 6.87. The van der Waals surface area contributed by atoms with Gasteiger partial charge in [0.05, 0.1) is 12.2 Å². The molecular weight excluding hydrogens is 232 g/mol. The van der Waals surface area contributed by atoms with Crippen molar-refractivity contribution in [2.75, 3.05) is 6.61 Å². The summed E-state index contributed by atoms with van der Waals surface area (Å²) < 4.78 is 5.40. The number of ether oxygens (including phenoxy) is 1. The highest BCUT2D eigenvalue weighted by atomic mass is 32.1. The maximum absolute atomic E-state index is 11.9. The van der Waals surface area contributed by atoms with Crippen molar-refractivity contribution in [3.05, 3.63) is 33.5 Å². The first-order chi connectivity index (χ1) is 8.16. The summed E-state index contributed by atoms with van der Waals surface area (Å²) in [6, 6.07) is 1.92. The van der Waals surface area contributed by atoms with Gasteiger partial charge in [0.25, 0.3) is 0 Å². The summed E-state index contributed by atoms with van der Waals surface area (Å²) in [5.41, 5.74) is 0.735. The molecule has 17 heavy (non-hydrogen) atoms. The average Bonchev–Trinajstić information content (AvgIpc) is 2.67. The lowest BCUT2D eigenvalue weighted by Crippen LogP contribution is -2.15. The Hall–Kier alpha value is -1.09. The molecule has 0 saturated carbocycles. The highest BCUT2D eigenvalue weighted by molar-refractivity contribution is 7.12. The van der Waals surface area contributed by atoms with Crippen LogP contribution in [0, 0.1) is 19.8 Å². The molecule has 2 nitrogen and oxygen atoms in total. The summed E-state index contributed by atoms with van der Waals surface area (Å²) in [6.07, 6.45) is 7.66. The van der Waals surface area contributed by atoms with E-state index in [2.05, 4.69) is 12.2 Å². The van der Waals surface area contributed by atoms with Crippen molar-refractivity contribution in [3.63, 3.8) is 0 Å². The molecule has 1 aromatic rings. The molecule has 0 spiro atoms. The van der Waals surface area contributed by atoms with Gasteiger partial charge in [0.15, 0.2) is 0 Å². The Labute approximate surface area is 106 Å². The number of allylic oxidation sites excluding steroid dienone is 2. The second kappa shape index (κ2) is 5.50. The van der Waals surface area contributed by atoms with Crippen LogP contribution >= 0.6 is 11.3 Å². The van der Waals surface area contributed by atoms with E-state index in [1.807, 2.05) is 19.9 Å². The fraction of sp³-hybridized carbons (Fsp3) is 0.500. The second-order valence-corrected chi connectivity index (χ2v) is 6.04. The number of carbonyl (C=O) groups is 1. The fourth-order valence-electron chi connectivity index (χ4n) is 2.11. The molecule has 0 bridgehead atoms. The Kier molecular flexibility index (Phi) is 4.00. The predicted molar refractivity (Wildman–Crippen MR) is 70.6 cm³/mol. The molecule has 0 amide bonds. The van der Waals surface area contributed by atoms with E-state index in [0.29, 0.717) is 12.5 Å². The zero-order chi connectivity index (χ0) is 12.3. The van der Waals surface area contributed by atoms with Gasteiger partial charge >= 0.3 is 5.97 Å². The average molecular weight is 250 g/mol. The van der Waals surface area contributed by atoms with Gasteiger partial charge in [0.1, 0.15) is 0 Å². The van der Waals surface area contributed by atoms with Crippen molar-refractivity contribution in [1.82, 2.24) is 0 Å². The van der Waals surface area contributed by atoms with Crippen LogP contribution in [0.15, 0.2) is 18.2 Å². The van der Waals surface area contributed by atoms with Crippen molar-refractivity contribution in [1.29, 1.82) is 0 Å². The molecule has 1 heterocycles. The molecule has 0 aromatic carbocycles. The minimum absolute atomic E-state index is 0.165. The normalized spacial score (nSPS) is 19.3. The Morgan fingerprint density at radius 3 is 2.88 bits per heavy atom. The van der Waals surface area contributed by atoms with Crippen LogP contribution in [0.5, 0.6) is 0 Å². The lowest BCUT2D eigenvalue weighted by Gasteiger charge is -2.17. The molecule has 1 aliphatic carbocycles. The molecule has 2 rings (SSSR count). The van der Waals surface area contributed by atoms with E-state index < -0.39 is 0 Å². The van der Waals surface area contributed by atoms with E-state index in [1.165, 1.54) is 0 Å². The Balaban J connectivity index is 1.89. The largest absolute Gasteiger partial charge is 0.462 e. The maximum atomic E-state index is 11.9. The molecular formula is C14H18O2S. The molecule has 1 atom stereocenters. The number of thiophene rings is 1. The number of carbonyl (C=O) groups excluding carboxylic acids is 1. The number of rotatable bonds is 3. The van der Waals surface area contributed by atoms with Gasteiger partial charge < -0.3 is 4.74 Å². The van der Waals surface area contributed by atoms with Gasteiger partial charge in [0, 0.05) is 9.75 Å². The number of hydrogen-bond donors (Lipinski definition) is 0. The Morgan fingerprint density at radius 2 is 2.29 bits per heavy atom. The molecule has 3 heteroatoms. The summed E-state index contributed by atoms with van der Waals surface area (Å²) in [5, 5.41) is 0. The summed E-state index contributed by atoms with van der Waals surface area (Å²) in [7, 11) is 0. The van der Waals surface area contributed by atoms with Crippen LogP contribution in [0.2, 0.25) is 0 Å². The molecule has 92 valence electrons. The smallest absolute Gasteiger partial charge is 0.339 e. The van der Waals surface area contributed by atoms with Crippen LogP contribution in [0.3, 0.4) is 0 Å². The van der Waals surface area contributed by atoms with Crippen LogP contribution in [0.25, 0.3) is 0 Å². The molecule has 0 fully saturated rings. The third-order valence-corrected chi connectivity index (χ3v) is 4.05. The third kappa shape index (κ3) is 3.19. The molecule has 0 saturated heterocycles. The Bertz CT molecular complexity index is 431. The van der Waals surface area contributed by atoms with E-state index in [4.69, 9.17) is 4.74 Å².